The average molecular weight is 214 g/mol. The number of ether oxygens (including phenoxy) is 1. The van der Waals surface area contributed by atoms with E-state index in [2.05, 4.69) is 4.74 Å². The molecule has 0 saturated heterocycles. The van der Waals surface area contributed by atoms with Crippen LogP contribution in [0.5, 0.6) is 0 Å². The highest BCUT2D eigenvalue weighted by molar-refractivity contribution is 5.77. The minimum Gasteiger partial charge on any atom is -0.254 e. The van der Waals surface area contributed by atoms with Crippen LogP contribution in [0.4, 0.5) is 30.7 Å². The van der Waals surface area contributed by atoms with Gasteiger partial charge >= 0.3 is 24.7 Å². The lowest BCUT2D eigenvalue weighted by Crippen LogP contribution is -2.48. The lowest BCUT2D eigenvalue weighted by molar-refractivity contribution is -0.383. The Kier molecular flexibility index (Phi) is 3.25. The van der Waals surface area contributed by atoms with E-state index >= 15 is 0 Å². The van der Waals surface area contributed by atoms with E-state index in [0.29, 0.717) is 0 Å². The molecule has 0 aromatic rings. The largest absolute Gasteiger partial charge is 0.434 e. The Morgan fingerprint density at radius 3 is 1.77 bits per heavy atom. The SMILES string of the molecule is O=C(F)C(F)(F)C(F)(F)OC(F)F. The molecule has 78 valence electrons. The molecule has 0 aliphatic carbocycles. The zero-order valence-electron chi connectivity index (χ0n) is 5.54. The molecule has 0 N–H and O–H groups in total. The summed E-state index contributed by atoms with van der Waals surface area (Å²) in [6.07, 6.45) is -5.87. The molecule has 0 rings (SSSR count). The second kappa shape index (κ2) is 3.48. The molecule has 0 atom stereocenters. The zero-order valence-corrected chi connectivity index (χ0v) is 5.54. The Morgan fingerprint density at radius 1 is 1.15 bits per heavy atom. The fourth-order valence-electron chi connectivity index (χ4n) is 0.300. The van der Waals surface area contributed by atoms with Gasteiger partial charge in [-0.2, -0.15) is 30.7 Å². The summed E-state index contributed by atoms with van der Waals surface area (Å²) in [7, 11) is 0. The second-order valence-corrected chi connectivity index (χ2v) is 1.74. The van der Waals surface area contributed by atoms with Gasteiger partial charge in [0.25, 0.3) is 0 Å². The van der Waals surface area contributed by atoms with Crippen LogP contribution < -0.4 is 0 Å². The van der Waals surface area contributed by atoms with E-state index in [4.69, 9.17) is 0 Å². The van der Waals surface area contributed by atoms with Gasteiger partial charge in [0.15, 0.2) is 0 Å². The highest BCUT2D eigenvalue weighted by Crippen LogP contribution is 2.37. The lowest BCUT2D eigenvalue weighted by atomic mass is 10.3. The van der Waals surface area contributed by atoms with E-state index in [1.54, 1.807) is 0 Å². The van der Waals surface area contributed by atoms with E-state index in [1.165, 1.54) is 0 Å². The van der Waals surface area contributed by atoms with Crippen molar-refractivity contribution in [1.82, 2.24) is 0 Å². The van der Waals surface area contributed by atoms with Crippen LogP contribution >= 0.6 is 0 Å². The zero-order chi connectivity index (χ0) is 10.9. The summed E-state index contributed by atoms with van der Waals surface area (Å²) in [6, 6.07) is -3.75. The van der Waals surface area contributed by atoms with Crippen LogP contribution in [0.25, 0.3) is 0 Å². The van der Waals surface area contributed by atoms with Crippen molar-refractivity contribution in [2.45, 2.75) is 18.6 Å². The third-order valence-corrected chi connectivity index (χ3v) is 0.849. The molecule has 0 aromatic carbocycles. The lowest BCUT2D eigenvalue weighted by Gasteiger charge is -2.21. The average Bonchev–Trinajstić information content (AvgIpc) is 1.83. The van der Waals surface area contributed by atoms with Gasteiger partial charge in [0.05, 0.1) is 0 Å². The summed E-state index contributed by atoms with van der Waals surface area (Å²) in [6.45, 7) is -4.25. The molecule has 0 aromatic heterocycles. The van der Waals surface area contributed by atoms with Gasteiger partial charge in [-0.1, -0.05) is 0 Å². The van der Waals surface area contributed by atoms with Crippen molar-refractivity contribution in [3.05, 3.63) is 0 Å². The molecule has 13 heavy (non-hydrogen) atoms. The van der Waals surface area contributed by atoms with Gasteiger partial charge in [-0.05, 0) is 0 Å². The highest BCUT2D eigenvalue weighted by Gasteiger charge is 2.65. The first-order chi connectivity index (χ1) is 5.61. The summed E-state index contributed by atoms with van der Waals surface area (Å²) >= 11 is 0. The first-order valence-corrected chi connectivity index (χ1v) is 2.53. The third-order valence-electron chi connectivity index (χ3n) is 0.849. The topological polar surface area (TPSA) is 26.3 Å². The number of halogens is 7. The van der Waals surface area contributed by atoms with E-state index in [0.717, 1.165) is 0 Å². The summed E-state index contributed by atoms with van der Waals surface area (Å²) in [5, 5.41) is 0. The summed E-state index contributed by atoms with van der Waals surface area (Å²) in [4.78, 5) is 9.27. The van der Waals surface area contributed by atoms with Crippen LogP contribution in [0, 0.1) is 0 Å². The quantitative estimate of drug-likeness (QED) is 0.528. The van der Waals surface area contributed by atoms with Crippen LogP contribution in [0.3, 0.4) is 0 Å². The molecular weight excluding hydrogens is 213 g/mol. The predicted molar refractivity (Wildman–Crippen MR) is 23.1 cm³/mol. The van der Waals surface area contributed by atoms with E-state index < -0.39 is 24.7 Å². The molecule has 0 aliphatic heterocycles. The molecule has 0 unspecified atom stereocenters. The van der Waals surface area contributed by atoms with E-state index in [1.807, 2.05) is 0 Å². The van der Waals surface area contributed by atoms with Crippen molar-refractivity contribution in [1.29, 1.82) is 0 Å². The minimum atomic E-state index is -5.91. The first-order valence-electron chi connectivity index (χ1n) is 2.53. The molecule has 9 heteroatoms. The number of carbonyl (C=O) groups is 1. The molecule has 0 saturated carbocycles. The monoisotopic (exact) mass is 214 g/mol. The van der Waals surface area contributed by atoms with E-state index in [-0.39, 0.29) is 0 Å². The van der Waals surface area contributed by atoms with Gasteiger partial charge in [-0.25, -0.2) is 0 Å². The van der Waals surface area contributed by atoms with Crippen LogP contribution in [0.15, 0.2) is 0 Å². The van der Waals surface area contributed by atoms with Crippen molar-refractivity contribution < 1.29 is 40.3 Å². The van der Waals surface area contributed by atoms with E-state index in [9.17, 15) is 35.5 Å². The smallest absolute Gasteiger partial charge is 0.254 e. The summed E-state index contributed by atoms with van der Waals surface area (Å²) in [5.74, 6) is -5.91. The molecular formula is C4HF7O2. The molecule has 0 heterocycles. The fraction of sp³-hybridized carbons (Fsp3) is 0.750. The van der Waals surface area contributed by atoms with Gasteiger partial charge in [0, 0.05) is 0 Å². The molecule has 0 amide bonds. The van der Waals surface area contributed by atoms with Crippen LogP contribution in [-0.4, -0.2) is 24.7 Å². The van der Waals surface area contributed by atoms with Crippen molar-refractivity contribution in [3.63, 3.8) is 0 Å². The molecule has 0 aliphatic rings. The molecule has 0 bridgehead atoms. The Bertz CT molecular complexity index is 201. The van der Waals surface area contributed by atoms with Crippen LogP contribution in [0.2, 0.25) is 0 Å². The van der Waals surface area contributed by atoms with Crippen molar-refractivity contribution in [2.75, 3.05) is 0 Å². The summed E-state index contributed by atoms with van der Waals surface area (Å²) < 4.78 is 82.5. The Balaban J connectivity index is 4.70. The van der Waals surface area contributed by atoms with Crippen LogP contribution in [-0.2, 0) is 9.53 Å². The number of rotatable bonds is 4. The van der Waals surface area contributed by atoms with Gasteiger partial charge in [-0.3, -0.25) is 9.53 Å². The summed E-state index contributed by atoms with van der Waals surface area (Å²) in [5.41, 5.74) is 0. The molecule has 0 radical (unpaired) electrons. The van der Waals surface area contributed by atoms with Gasteiger partial charge < -0.3 is 0 Å². The van der Waals surface area contributed by atoms with Gasteiger partial charge in [-0.15, -0.1) is 0 Å². The Labute approximate surface area is 66.3 Å². The van der Waals surface area contributed by atoms with Gasteiger partial charge in [0.2, 0.25) is 0 Å². The fourth-order valence-corrected chi connectivity index (χ4v) is 0.300. The number of hydrogen-bond acceptors (Lipinski definition) is 2. The Morgan fingerprint density at radius 2 is 1.54 bits per heavy atom. The normalized spacial score (nSPS) is 13.5. The standard InChI is InChI=1S/C4HF7O2/c5-1(12)3(8,9)4(10,11)13-2(6)7/h2H. The highest BCUT2D eigenvalue weighted by atomic mass is 19.3. The van der Waals surface area contributed by atoms with Crippen molar-refractivity contribution >= 4 is 6.04 Å². The molecule has 2 nitrogen and oxygen atoms in total. The second-order valence-electron chi connectivity index (χ2n) is 1.74. The first kappa shape index (κ1) is 12.1. The predicted octanol–water partition coefficient (Wildman–Crippen LogP) is 1.95. The van der Waals surface area contributed by atoms with Crippen molar-refractivity contribution in [2.24, 2.45) is 0 Å². The van der Waals surface area contributed by atoms with Crippen LogP contribution in [0.1, 0.15) is 0 Å². The molecule has 0 spiro atoms. The van der Waals surface area contributed by atoms with Gasteiger partial charge in [0.1, 0.15) is 0 Å². The number of hydrogen-bond donors (Lipinski definition) is 0. The van der Waals surface area contributed by atoms with Crippen molar-refractivity contribution in [3.8, 4) is 0 Å². The number of carbonyl (C=O) groups excluding carboxylic acids is 1. The minimum absolute atomic E-state index is 2.09. The molecule has 0 fully saturated rings. The third kappa shape index (κ3) is 2.54. The maximum absolute atomic E-state index is 11.8. The Hall–Kier alpha value is -0.860. The maximum atomic E-state index is 11.8. The number of alkyl halides is 6. The maximum Gasteiger partial charge on any atom is 0.434 e.